The molecule has 0 radical (unpaired) electrons. The summed E-state index contributed by atoms with van der Waals surface area (Å²) in [6.07, 6.45) is 0.619. The molecule has 1 aromatic rings. The van der Waals surface area contributed by atoms with Crippen LogP contribution in [-0.2, 0) is 4.74 Å². The van der Waals surface area contributed by atoms with Crippen LogP contribution in [0.25, 0.3) is 0 Å². The van der Waals surface area contributed by atoms with Crippen molar-refractivity contribution >= 4 is 5.82 Å². The maximum Gasteiger partial charge on any atom is 0.351 e. The van der Waals surface area contributed by atoms with Crippen LogP contribution in [0.2, 0.25) is 0 Å². The molecule has 1 rings (SSSR count). The van der Waals surface area contributed by atoms with Crippen LogP contribution in [0.3, 0.4) is 0 Å². The molecule has 6 nitrogen and oxygen atoms in total. The molecule has 16 heavy (non-hydrogen) atoms. The fourth-order valence-electron chi connectivity index (χ4n) is 1.40. The second kappa shape index (κ2) is 5.62. The smallest absolute Gasteiger partial charge is 0.351 e. The van der Waals surface area contributed by atoms with Gasteiger partial charge in [0, 0.05) is 20.4 Å². The number of nitrogens with one attached hydrogen (secondary N) is 1. The second-order valence-electron chi connectivity index (χ2n) is 3.35. The molecule has 1 heterocycles. The molecule has 2 N–H and O–H groups in total. The minimum Gasteiger partial charge on any atom is -0.388 e. The van der Waals surface area contributed by atoms with E-state index in [0.29, 0.717) is 12.2 Å². The molecule has 90 valence electrons. The maximum absolute atomic E-state index is 11.6. The molecule has 2 atom stereocenters. The summed E-state index contributed by atoms with van der Waals surface area (Å²) in [5.41, 5.74) is -0.453. The van der Waals surface area contributed by atoms with Crippen molar-refractivity contribution in [1.29, 1.82) is 0 Å². The Morgan fingerprint density at radius 1 is 1.69 bits per heavy atom. The van der Waals surface area contributed by atoms with E-state index in [4.69, 9.17) is 4.74 Å². The highest BCUT2D eigenvalue weighted by Crippen LogP contribution is 2.13. The van der Waals surface area contributed by atoms with Gasteiger partial charge in [-0.3, -0.25) is 4.57 Å². The van der Waals surface area contributed by atoms with E-state index in [1.807, 2.05) is 6.92 Å². The van der Waals surface area contributed by atoms with Crippen molar-refractivity contribution < 1.29 is 9.84 Å². The van der Waals surface area contributed by atoms with Gasteiger partial charge in [0.25, 0.3) is 0 Å². The Morgan fingerprint density at radius 3 is 2.81 bits per heavy atom. The third kappa shape index (κ3) is 2.59. The van der Waals surface area contributed by atoms with Gasteiger partial charge >= 0.3 is 5.69 Å². The molecule has 0 aromatic carbocycles. The lowest BCUT2D eigenvalue weighted by atomic mass is 10.2. The molecular formula is C10H17N3O3. The summed E-state index contributed by atoms with van der Waals surface area (Å²) in [5, 5.41) is 12.5. The van der Waals surface area contributed by atoms with Crippen LogP contribution in [0.5, 0.6) is 0 Å². The molecule has 0 aliphatic heterocycles. The van der Waals surface area contributed by atoms with Crippen molar-refractivity contribution in [1.82, 2.24) is 9.55 Å². The lowest BCUT2D eigenvalue weighted by Gasteiger charge is -2.22. The lowest BCUT2D eigenvalue weighted by molar-refractivity contribution is -0.0616. The molecule has 0 aliphatic rings. The Kier molecular flexibility index (Phi) is 4.45. The van der Waals surface area contributed by atoms with Crippen LogP contribution in [-0.4, -0.2) is 34.9 Å². The molecule has 2 unspecified atom stereocenters. The summed E-state index contributed by atoms with van der Waals surface area (Å²) in [6.45, 7) is 1.82. The van der Waals surface area contributed by atoms with E-state index in [1.54, 1.807) is 19.3 Å². The second-order valence-corrected chi connectivity index (χ2v) is 3.35. The van der Waals surface area contributed by atoms with Crippen molar-refractivity contribution in [2.75, 3.05) is 19.5 Å². The standard InChI is InChI=1S/C10H17N3O3/c1-4-7(14)9(16-3)13-6-5-8(11-2)12-10(13)15/h5-7,9,14H,4H2,1-3H3,(H,11,12,15). The molecule has 1 aromatic heterocycles. The number of ether oxygens (including phenoxy) is 1. The Labute approximate surface area is 93.9 Å². The van der Waals surface area contributed by atoms with Gasteiger partial charge in [0.15, 0.2) is 6.23 Å². The topological polar surface area (TPSA) is 76.4 Å². The number of nitrogens with zero attached hydrogens (tertiary/aromatic N) is 2. The number of aliphatic hydroxyl groups is 1. The van der Waals surface area contributed by atoms with E-state index >= 15 is 0 Å². The molecule has 0 saturated heterocycles. The van der Waals surface area contributed by atoms with Gasteiger partial charge in [-0.25, -0.2) is 4.79 Å². The third-order valence-electron chi connectivity index (χ3n) is 2.35. The molecule has 0 amide bonds. The number of rotatable bonds is 5. The van der Waals surface area contributed by atoms with Crippen molar-refractivity contribution in [3.05, 3.63) is 22.7 Å². The normalized spacial score (nSPS) is 14.5. The van der Waals surface area contributed by atoms with Crippen LogP contribution in [0.1, 0.15) is 19.6 Å². The zero-order chi connectivity index (χ0) is 12.1. The number of aromatic nitrogens is 2. The average molecular weight is 227 g/mol. The van der Waals surface area contributed by atoms with E-state index < -0.39 is 18.0 Å². The van der Waals surface area contributed by atoms with Crippen molar-refractivity contribution in [2.24, 2.45) is 0 Å². The monoisotopic (exact) mass is 227 g/mol. The first kappa shape index (κ1) is 12.7. The number of hydrogen-bond acceptors (Lipinski definition) is 5. The zero-order valence-electron chi connectivity index (χ0n) is 9.67. The Morgan fingerprint density at radius 2 is 2.38 bits per heavy atom. The van der Waals surface area contributed by atoms with Crippen LogP contribution in [0, 0.1) is 0 Å². The highest BCUT2D eigenvalue weighted by atomic mass is 16.5. The Bertz CT molecular complexity index is 391. The first-order chi connectivity index (χ1) is 7.63. The quantitative estimate of drug-likeness (QED) is 0.751. The predicted octanol–water partition coefficient (Wildman–Crippen LogP) is 0.201. The van der Waals surface area contributed by atoms with E-state index in [2.05, 4.69) is 10.3 Å². The fourth-order valence-corrected chi connectivity index (χ4v) is 1.40. The summed E-state index contributed by atoms with van der Waals surface area (Å²) >= 11 is 0. The van der Waals surface area contributed by atoms with Gasteiger partial charge in [-0.05, 0) is 12.5 Å². The highest BCUT2D eigenvalue weighted by Gasteiger charge is 2.20. The minimum absolute atomic E-state index is 0.453. The summed E-state index contributed by atoms with van der Waals surface area (Å²) in [4.78, 5) is 15.4. The summed E-state index contributed by atoms with van der Waals surface area (Å²) in [5.74, 6) is 0.488. The van der Waals surface area contributed by atoms with Crippen molar-refractivity contribution in [3.63, 3.8) is 0 Å². The number of aliphatic hydroxyl groups excluding tert-OH is 1. The molecule has 0 spiro atoms. The van der Waals surface area contributed by atoms with Crippen LogP contribution in [0.4, 0.5) is 5.82 Å². The number of hydrogen-bond donors (Lipinski definition) is 2. The molecular weight excluding hydrogens is 210 g/mol. The van der Waals surface area contributed by atoms with Gasteiger partial charge in [-0.2, -0.15) is 4.98 Å². The van der Waals surface area contributed by atoms with E-state index in [1.165, 1.54) is 11.7 Å². The first-order valence-electron chi connectivity index (χ1n) is 5.11. The van der Waals surface area contributed by atoms with E-state index in [9.17, 15) is 9.90 Å². The lowest BCUT2D eigenvalue weighted by Crippen LogP contribution is -2.34. The van der Waals surface area contributed by atoms with Gasteiger partial charge in [0.2, 0.25) is 0 Å². The molecule has 0 bridgehead atoms. The largest absolute Gasteiger partial charge is 0.388 e. The van der Waals surface area contributed by atoms with Crippen LogP contribution in [0.15, 0.2) is 17.1 Å². The summed E-state index contributed by atoms with van der Waals surface area (Å²) < 4.78 is 6.37. The SMILES string of the molecule is CCC(O)C(OC)n1ccc(NC)nc1=O. The third-order valence-corrected chi connectivity index (χ3v) is 2.35. The van der Waals surface area contributed by atoms with Gasteiger partial charge in [-0.1, -0.05) is 6.92 Å². The number of anilines is 1. The highest BCUT2D eigenvalue weighted by molar-refractivity contribution is 5.30. The van der Waals surface area contributed by atoms with Gasteiger partial charge in [0.1, 0.15) is 5.82 Å². The van der Waals surface area contributed by atoms with Gasteiger partial charge in [-0.15, -0.1) is 0 Å². The van der Waals surface area contributed by atoms with Crippen LogP contribution >= 0.6 is 0 Å². The molecule has 0 saturated carbocycles. The zero-order valence-corrected chi connectivity index (χ0v) is 9.67. The average Bonchev–Trinajstić information content (AvgIpc) is 2.31. The van der Waals surface area contributed by atoms with Crippen molar-refractivity contribution in [2.45, 2.75) is 25.7 Å². The summed E-state index contributed by atoms with van der Waals surface area (Å²) in [6, 6.07) is 1.65. The van der Waals surface area contributed by atoms with Gasteiger partial charge < -0.3 is 15.2 Å². The Hall–Kier alpha value is -1.40. The number of methoxy groups -OCH3 is 1. The minimum atomic E-state index is -0.732. The van der Waals surface area contributed by atoms with E-state index in [0.717, 1.165) is 0 Å². The fraction of sp³-hybridized carbons (Fsp3) is 0.600. The Balaban J connectivity index is 3.06. The maximum atomic E-state index is 11.6. The first-order valence-corrected chi connectivity index (χ1v) is 5.11. The van der Waals surface area contributed by atoms with Crippen LogP contribution < -0.4 is 11.0 Å². The molecule has 0 aliphatic carbocycles. The van der Waals surface area contributed by atoms with Gasteiger partial charge in [0.05, 0.1) is 6.10 Å². The summed E-state index contributed by atoms with van der Waals surface area (Å²) in [7, 11) is 3.13. The van der Waals surface area contributed by atoms with E-state index in [-0.39, 0.29) is 0 Å². The molecule has 0 fully saturated rings. The molecule has 6 heteroatoms. The van der Waals surface area contributed by atoms with Crippen molar-refractivity contribution in [3.8, 4) is 0 Å². The predicted molar refractivity (Wildman–Crippen MR) is 60.4 cm³/mol.